The summed E-state index contributed by atoms with van der Waals surface area (Å²) in [7, 11) is 0. The maximum Gasteiger partial charge on any atom is 0.237 e. The lowest BCUT2D eigenvalue weighted by atomic mass is 10.0. The summed E-state index contributed by atoms with van der Waals surface area (Å²) in [5, 5.41) is 4.59. The summed E-state index contributed by atoms with van der Waals surface area (Å²) < 4.78 is 0. The van der Waals surface area contributed by atoms with Gasteiger partial charge in [0.15, 0.2) is 5.78 Å². The van der Waals surface area contributed by atoms with E-state index in [2.05, 4.69) is 37.4 Å². The second-order valence-electron chi connectivity index (χ2n) is 7.07. The summed E-state index contributed by atoms with van der Waals surface area (Å²) in [6.45, 7) is 9.58. The highest BCUT2D eigenvalue weighted by Crippen LogP contribution is 2.30. The van der Waals surface area contributed by atoms with Crippen LogP contribution in [0.2, 0.25) is 0 Å². The number of benzene rings is 2. The van der Waals surface area contributed by atoms with E-state index in [1.54, 1.807) is 24.3 Å². The van der Waals surface area contributed by atoms with Gasteiger partial charge >= 0.3 is 0 Å². The first-order valence-corrected chi connectivity index (χ1v) is 10.1. The Balaban J connectivity index is 1.77. The van der Waals surface area contributed by atoms with Crippen LogP contribution in [0.5, 0.6) is 0 Å². The van der Waals surface area contributed by atoms with Crippen molar-refractivity contribution in [2.75, 3.05) is 5.32 Å². The van der Waals surface area contributed by atoms with E-state index >= 15 is 0 Å². The Labute approximate surface area is 169 Å². The number of carbonyl (C=O) groups excluding carboxylic acids is 2. The summed E-state index contributed by atoms with van der Waals surface area (Å²) in [5.74, 6) is -0.0898. The first-order chi connectivity index (χ1) is 13.3. The third kappa shape index (κ3) is 4.25. The van der Waals surface area contributed by atoms with E-state index < -0.39 is 0 Å². The number of ketones is 1. The van der Waals surface area contributed by atoms with Gasteiger partial charge in [0.25, 0.3) is 0 Å². The van der Waals surface area contributed by atoms with Crippen LogP contribution in [0.25, 0.3) is 10.9 Å². The predicted molar refractivity (Wildman–Crippen MR) is 116 cm³/mol. The molecule has 3 aromatic rings. The fourth-order valence-corrected chi connectivity index (χ4v) is 3.83. The van der Waals surface area contributed by atoms with Crippen LogP contribution in [0.1, 0.15) is 40.9 Å². The third-order valence-corrected chi connectivity index (χ3v) is 6.08. The van der Waals surface area contributed by atoms with E-state index in [4.69, 9.17) is 4.98 Å². The zero-order valence-electron chi connectivity index (χ0n) is 16.8. The molecule has 28 heavy (non-hydrogen) atoms. The summed E-state index contributed by atoms with van der Waals surface area (Å²) in [6, 6.07) is 13.3. The lowest BCUT2D eigenvalue weighted by Gasteiger charge is -2.15. The van der Waals surface area contributed by atoms with Crippen molar-refractivity contribution in [3.05, 3.63) is 64.7 Å². The summed E-state index contributed by atoms with van der Waals surface area (Å²) in [4.78, 5) is 28.8. The van der Waals surface area contributed by atoms with Gasteiger partial charge in [-0.05, 0) is 81.6 Å². The number of rotatable bonds is 5. The van der Waals surface area contributed by atoms with Crippen LogP contribution < -0.4 is 5.32 Å². The number of anilines is 1. The van der Waals surface area contributed by atoms with E-state index in [1.807, 2.05) is 13.8 Å². The molecule has 1 amide bonds. The van der Waals surface area contributed by atoms with Crippen molar-refractivity contribution in [2.24, 2.45) is 0 Å². The Hall–Kier alpha value is -2.66. The number of aromatic nitrogens is 1. The highest BCUT2D eigenvalue weighted by atomic mass is 32.2. The molecule has 1 aromatic heterocycles. The lowest BCUT2D eigenvalue weighted by Crippen LogP contribution is -2.22. The number of hydrogen-bond donors (Lipinski definition) is 1. The maximum absolute atomic E-state index is 12.6. The second-order valence-corrected chi connectivity index (χ2v) is 8.40. The van der Waals surface area contributed by atoms with Crippen LogP contribution in [0.4, 0.5) is 5.69 Å². The van der Waals surface area contributed by atoms with Gasteiger partial charge in [-0.2, -0.15) is 0 Å². The molecule has 0 spiro atoms. The molecule has 1 heterocycles. The quantitative estimate of drug-likeness (QED) is 0.461. The molecule has 1 unspecified atom stereocenters. The number of aryl methyl sites for hydroxylation is 3. The minimum Gasteiger partial charge on any atom is -0.325 e. The fraction of sp³-hybridized carbons (Fsp3) is 0.261. The second kappa shape index (κ2) is 8.15. The molecule has 4 nitrogen and oxygen atoms in total. The highest BCUT2D eigenvalue weighted by molar-refractivity contribution is 8.00. The molecular weight excluding hydrogens is 368 g/mol. The minimum absolute atomic E-state index is 0.00480. The summed E-state index contributed by atoms with van der Waals surface area (Å²) in [5.41, 5.74) is 5.73. The molecule has 3 rings (SSSR count). The normalized spacial score (nSPS) is 12.0. The van der Waals surface area contributed by atoms with Crippen molar-refractivity contribution in [3.63, 3.8) is 0 Å². The highest BCUT2D eigenvalue weighted by Gasteiger charge is 2.18. The topological polar surface area (TPSA) is 59.1 Å². The number of pyridine rings is 1. The predicted octanol–water partition coefficient (Wildman–Crippen LogP) is 5.48. The Morgan fingerprint density at radius 1 is 1.00 bits per heavy atom. The monoisotopic (exact) mass is 392 g/mol. The smallest absolute Gasteiger partial charge is 0.237 e. The molecule has 0 saturated heterocycles. The van der Waals surface area contributed by atoms with Gasteiger partial charge < -0.3 is 5.32 Å². The van der Waals surface area contributed by atoms with Crippen LogP contribution in [0.3, 0.4) is 0 Å². The zero-order valence-corrected chi connectivity index (χ0v) is 17.6. The summed E-state index contributed by atoms with van der Waals surface area (Å²) in [6.07, 6.45) is 0. The summed E-state index contributed by atoms with van der Waals surface area (Å²) >= 11 is 1.46. The number of Topliss-reactive ketones (excluding diaryl/α,β-unsaturated/α-hetero) is 1. The number of nitrogens with one attached hydrogen (secondary N) is 1. The standard InChI is InChI=1S/C23H24N2O2S/c1-13-6-7-19-12-14(2)23(25-21(19)15(13)3)28-17(5)22(27)24-20-10-8-18(9-11-20)16(4)26/h6-12,17H,1-5H3,(H,24,27). The number of carbonyl (C=O) groups is 2. The molecule has 0 aliphatic rings. The van der Waals surface area contributed by atoms with E-state index in [-0.39, 0.29) is 16.9 Å². The van der Waals surface area contributed by atoms with Gasteiger partial charge in [0.05, 0.1) is 10.8 Å². The van der Waals surface area contributed by atoms with Crippen LogP contribution in [0, 0.1) is 20.8 Å². The van der Waals surface area contributed by atoms with Crippen molar-refractivity contribution in [2.45, 2.75) is 44.9 Å². The van der Waals surface area contributed by atoms with Gasteiger partial charge in [0, 0.05) is 16.6 Å². The molecule has 0 fully saturated rings. The number of nitrogens with zero attached hydrogens (tertiary/aromatic N) is 1. The molecule has 0 aliphatic carbocycles. The molecule has 0 aliphatic heterocycles. The van der Waals surface area contributed by atoms with E-state index in [1.165, 1.54) is 29.8 Å². The first-order valence-electron chi connectivity index (χ1n) is 9.22. The molecular formula is C23H24N2O2S. The Morgan fingerprint density at radius 2 is 1.68 bits per heavy atom. The van der Waals surface area contributed by atoms with E-state index in [0.29, 0.717) is 11.3 Å². The maximum atomic E-state index is 12.6. The molecule has 0 bridgehead atoms. The largest absolute Gasteiger partial charge is 0.325 e. The van der Waals surface area contributed by atoms with E-state index in [0.717, 1.165) is 21.5 Å². The molecule has 0 radical (unpaired) electrons. The van der Waals surface area contributed by atoms with Crippen molar-refractivity contribution < 1.29 is 9.59 Å². The Kier molecular flexibility index (Phi) is 5.84. The SMILES string of the molecule is CC(=O)c1ccc(NC(=O)C(C)Sc2nc3c(C)c(C)ccc3cc2C)cc1. The number of hydrogen-bond acceptors (Lipinski definition) is 4. The third-order valence-electron chi connectivity index (χ3n) is 4.87. The molecule has 2 aromatic carbocycles. The number of fused-ring (bicyclic) bond motifs is 1. The molecule has 5 heteroatoms. The van der Waals surface area contributed by atoms with Gasteiger partial charge in [-0.3, -0.25) is 9.59 Å². The lowest BCUT2D eigenvalue weighted by molar-refractivity contribution is -0.115. The van der Waals surface area contributed by atoms with Crippen LogP contribution in [-0.4, -0.2) is 21.9 Å². The number of thioether (sulfide) groups is 1. The van der Waals surface area contributed by atoms with Crippen LogP contribution in [-0.2, 0) is 4.79 Å². The zero-order chi connectivity index (χ0) is 20.4. The first kappa shape index (κ1) is 20.1. The molecule has 0 saturated carbocycles. The average Bonchev–Trinajstić information content (AvgIpc) is 2.66. The van der Waals surface area contributed by atoms with Crippen molar-refractivity contribution in [1.29, 1.82) is 0 Å². The fourth-order valence-electron chi connectivity index (χ4n) is 2.94. The molecule has 1 N–H and O–H groups in total. The van der Waals surface area contributed by atoms with E-state index in [9.17, 15) is 9.59 Å². The minimum atomic E-state index is -0.304. The van der Waals surface area contributed by atoms with Crippen molar-refractivity contribution >= 4 is 40.0 Å². The number of amides is 1. The van der Waals surface area contributed by atoms with Gasteiger partial charge in [-0.15, -0.1) is 0 Å². The average molecular weight is 393 g/mol. The van der Waals surface area contributed by atoms with Crippen LogP contribution in [0.15, 0.2) is 47.5 Å². The molecule has 1 atom stereocenters. The van der Waals surface area contributed by atoms with Gasteiger partial charge in [0.1, 0.15) is 5.03 Å². The Bertz CT molecular complexity index is 1060. The van der Waals surface area contributed by atoms with Crippen LogP contribution >= 0.6 is 11.8 Å². The Morgan fingerprint density at radius 3 is 2.32 bits per heavy atom. The van der Waals surface area contributed by atoms with Gasteiger partial charge in [-0.1, -0.05) is 23.9 Å². The van der Waals surface area contributed by atoms with Crippen molar-refractivity contribution in [3.8, 4) is 0 Å². The van der Waals surface area contributed by atoms with Gasteiger partial charge in [-0.25, -0.2) is 4.98 Å². The van der Waals surface area contributed by atoms with Crippen molar-refractivity contribution in [1.82, 2.24) is 4.98 Å². The molecule has 144 valence electrons. The van der Waals surface area contributed by atoms with Gasteiger partial charge in [0.2, 0.25) is 5.91 Å².